The third-order valence-electron chi connectivity index (χ3n) is 14.1. The molecule has 2 heterocycles. The van der Waals surface area contributed by atoms with Crippen LogP contribution in [0, 0.1) is 5.92 Å². The van der Waals surface area contributed by atoms with Gasteiger partial charge in [0.1, 0.15) is 0 Å². The lowest BCUT2D eigenvalue weighted by atomic mass is 9.77. The summed E-state index contributed by atoms with van der Waals surface area (Å²) in [6.07, 6.45) is 17.6. The summed E-state index contributed by atoms with van der Waals surface area (Å²) in [4.78, 5) is 2.55. The molecule has 0 bridgehead atoms. The molecule has 65 heavy (non-hydrogen) atoms. The van der Waals surface area contributed by atoms with Crippen LogP contribution in [-0.4, -0.2) is 20.4 Å². The van der Waals surface area contributed by atoms with Gasteiger partial charge in [0.25, 0.3) is 0 Å². The lowest BCUT2D eigenvalue weighted by molar-refractivity contribution is -0.717. The Hall–Kier alpha value is -4.58. The van der Waals surface area contributed by atoms with Gasteiger partial charge in [-0.1, -0.05) is 165 Å². The highest BCUT2D eigenvalue weighted by molar-refractivity contribution is 7.99. The topological polar surface area (TPSA) is 19.1 Å². The number of thioether (sulfide) groups is 1. The van der Waals surface area contributed by atoms with Crippen LogP contribution in [0.2, 0.25) is 19.6 Å². The molecule has 1 fully saturated rings. The number of nitrogens with zero attached hydrogens (tertiary/aromatic N) is 2. The van der Waals surface area contributed by atoms with E-state index < -0.39 is 8.07 Å². The summed E-state index contributed by atoms with van der Waals surface area (Å²) in [6, 6.07) is 36.9. The van der Waals surface area contributed by atoms with E-state index in [4.69, 9.17) is 6.58 Å². The van der Waals surface area contributed by atoms with E-state index in [0.29, 0.717) is 17.1 Å². The second-order valence-corrected chi connectivity index (χ2v) is 26.9. The number of aromatic nitrogens is 1. The first-order valence-corrected chi connectivity index (χ1v) is 29.5. The number of anilines is 3. The third-order valence-corrected chi connectivity index (χ3v) is 17.3. The fourth-order valence-electron chi connectivity index (χ4n) is 10.9. The maximum Gasteiger partial charge on any atom is 0.213 e. The summed E-state index contributed by atoms with van der Waals surface area (Å²) < 4.78 is 2.74. The Morgan fingerprint density at radius 3 is 2.26 bits per heavy atom. The molecule has 7 rings (SSSR count). The lowest BCUT2D eigenvalue weighted by Gasteiger charge is -2.36. The number of hydrogen-bond acceptors (Lipinski definition) is 3. The Morgan fingerprint density at radius 2 is 1.57 bits per heavy atom. The summed E-state index contributed by atoms with van der Waals surface area (Å²) in [5, 5.41) is 6.09. The van der Waals surface area contributed by atoms with E-state index in [1.165, 1.54) is 93.8 Å². The van der Waals surface area contributed by atoms with Crippen LogP contribution in [0.1, 0.15) is 138 Å². The maximum absolute atomic E-state index is 5.06. The zero-order valence-electron chi connectivity index (χ0n) is 41.4. The molecule has 0 spiro atoms. The van der Waals surface area contributed by atoms with E-state index in [1.807, 2.05) is 11.8 Å². The zero-order chi connectivity index (χ0) is 46.3. The average molecular weight is 901 g/mol. The number of fused-ring (bicyclic) bond motifs is 3. The number of pyridine rings is 1. The Morgan fingerprint density at radius 1 is 0.877 bits per heavy atom. The first kappa shape index (κ1) is 48.4. The molecule has 5 aromatic rings. The highest BCUT2D eigenvalue weighted by Gasteiger charge is 2.42. The van der Waals surface area contributed by atoms with Gasteiger partial charge in [-0.15, -0.1) is 0 Å². The summed E-state index contributed by atoms with van der Waals surface area (Å²) in [7, 11) is -1.71. The summed E-state index contributed by atoms with van der Waals surface area (Å²) in [5.41, 5.74) is 17.0. The van der Waals surface area contributed by atoms with Crippen molar-refractivity contribution in [3.63, 3.8) is 0 Å². The third kappa shape index (κ3) is 11.2. The van der Waals surface area contributed by atoms with E-state index in [0.717, 1.165) is 49.6 Å². The van der Waals surface area contributed by atoms with Crippen LogP contribution in [0.4, 0.5) is 17.1 Å². The number of para-hydroxylation sites is 2. The monoisotopic (exact) mass is 901 g/mol. The van der Waals surface area contributed by atoms with Crippen molar-refractivity contribution in [1.29, 1.82) is 0 Å². The smallest absolute Gasteiger partial charge is 0.213 e. The second-order valence-electron chi connectivity index (χ2n) is 20.3. The van der Waals surface area contributed by atoms with Gasteiger partial charge in [-0.3, -0.25) is 0 Å². The van der Waals surface area contributed by atoms with Crippen molar-refractivity contribution < 1.29 is 4.57 Å². The molecule has 0 radical (unpaired) electrons. The van der Waals surface area contributed by atoms with Crippen LogP contribution in [0.3, 0.4) is 0 Å². The largest absolute Gasteiger partial charge is 0.353 e. The molecule has 1 aliphatic heterocycles. The van der Waals surface area contributed by atoms with Crippen LogP contribution < -0.4 is 20.0 Å². The molecule has 1 saturated carbocycles. The summed E-state index contributed by atoms with van der Waals surface area (Å²) in [6.45, 7) is 31.8. The summed E-state index contributed by atoms with van der Waals surface area (Å²) in [5.74, 6) is 2.50. The van der Waals surface area contributed by atoms with Crippen LogP contribution in [0.15, 0.2) is 140 Å². The van der Waals surface area contributed by atoms with Crippen molar-refractivity contribution in [2.24, 2.45) is 5.92 Å². The standard InChI is InChI=1S/C60H78N3SSi/c1-12-24-43(6)33-34-52-50-29-20-21-30-51(50)58-40-49(37-46-25-18-19-26-46)59(65(9,10)11)41-63(58)57(52)36-44(7)62(35-13-2)56-32-23-22-31-55(56)61-60-53(42(4)5)38-48(47-27-16-15-17-28-47)39-54(60)45(8)64-14-3/h12,15-17,20-24,27-32,38-42,45-46,52,57,61H,6-7,13-14,18-19,25-26,33-37H2,1-5,8-11H3/q+1/b24-12-. The Bertz CT molecular complexity index is 2450. The van der Waals surface area contributed by atoms with E-state index in [-0.39, 0.29) is 6.04 Å². The Kier molecular flexibility index (Phi) is 16.2. The Labute approximate surface area is 399 Å². The SMILES string of the molecule is C=C(/C=C\C)CCC1c2ccccc2-c2cc(CC3CCCC3)c([Si](C)(C)C)c[n+]2C1CC(=C)N(CCC)c1ccccc1Nc1c(C(C)C)cc(-c2ccccc2)cc1C(C)SCC. The predicted octanol–water partition coefficient (Wildman–Crippen LogP) is 16.6. The van der Waals surface area contributed by atoms with Crippen molar-refractivity contribution in [2.45, 2.75) is 142 Å². The van der Waals surface area contributed by atoms with Gasteiger partial charge in [-0.25, -0.2) is 0 Å². The minimum Gasteiger partial charge on any atom is -0.353 e. The number of nitrogens with one attached hydrogen (secondary N) is 1. The van der Waals surface area contributed by atoms with Gasteiger partial charge in [0.15, 0.2) is 12.2 Å². The fourth-order valence-corrected chi connectivity index (χ4v) is 13.4. The van der Waals surface area contributed by atoms with Crippen LogP contribution in [0.25, 0.3) is 22.4 Å². The second kappa shape index (κ2) is 21.8. The normalized spacial score (nSPS) is 16.7. The lowest BCUT2D eigenvalue weighted by Crippen LogP contribution is -2.54. The van der Waals surface area contributed by atoms with Crippen molar-refractivity contribution in [2.75, 3.05) is 22.5 Å². The van der Waals surface area contributed by atoms with Gasteiger partial charge in [0, 0.05) is 45.9 Å². The molecule has 0 amide bonds. The molecule has 3 nitrogen and oxygen atoms in total. The van der Waals surface area contributed by atoms with Crippen molar-refractivity contribution in [3.05, 3.63) is 162 Å². The fraction of sp³-hybridized carbons (Fsp3) is 0.417. The number of benzene rings is 4. The average Bonchev–Trinajstić information content (AvgIpc) is 3.81. The van der Waals surface area contributed by atoms with Gasteiger partial charge in [0.05, 0.1) is 25.9 Å². The number of rotatable bonds is 20. The van der Waals surface area contributed by atoms with Gasteiger partial charge in [-0.2, -0.15) is 16.3 Å². The van der Waals surface area contributed by atoms with Crippen LogP contribution in [0.5, 0.6) is 0 Å². The van der Waals surface area contributed by atoms with Crippen molar-refractivity contribution in [1.82, 2.24) is 0 Å². The molecule has 1 aromatic heterocycles. The van der Waals surface area contributed by atoms with Gasteiger partial charge >= 0.3 is 0 Å². The first-order valence-electron chi connectivity index (χ1n) is 25.0. The molecule has 1 N–H and O–H groups in total. The van der Waals surface area contributed by atoms with E-state index in [9.17, 15) is 0 Å². The van der Waals surface area contributed by atoms with Gasteiger partial charge < -0.3 is 10.2 Å². The highest BCUT2D eigenvalue weighted by atomic mass is 32.2. The summed E-state index contributed by atoms with van der Waals surface area (Å²) >= 11 is 2.01. The van der Waals surface area contributed by atoms with Crippen LogP contribution >= 0.6 is 11.8 Å². The quantitative estimate of drug-likeness (QED) is 0.0477. The Balaban J connectivity index is 1.33. The molecule has 342 valence electrons. The minimum absolute atomic E-state index is 0.206. The number of hydrogen-bond donors (Lipinski definition) is 1. The molecule has 0 saturated heterocycles. The van der Waals surface area contributed by atoms with E-state index >= 15 is 0 Å². The molecule has 5 heteroatoms. The maximum atomic E-state index is 5.06. The predicted molar refractivity (Wildman–Crippen MR) is 289 cm³/mol. The molecular formula is C60H78N3SSi+. The molecule has 1 aliphatic carbocycles. The van der Waals surface area contributed by atoms with Crippen LogP contribution in [-0.2, 0) is 6.42 Å². The molecule has 3 unspecified atom stereocenters. The van der Waals surface area contributed by atoms with Gasteiger partial charge in [0.2, 0.25) is 5.69 Å². The number of allylic oxidation sites excluding steroid dienone is 4. The molecule has 2 aliphatic rings. The van der Waals surface area contributed by atoms with Crippen molar-refractivity contribution >= 4 is 42.1 Å². The highest BCUT2D eigenvalue weighted by Crippen LogP contribution is 2.47. The minimum atomic E-state index is -1.71. The van der Waals surface area contributed by atoms with E-state index in [2.05, 4.69) is 198 Å². The first-order chi connectivity index (χ1) is 31.3. The van der Waals surface area contributed by atoms with E-state index in [1.54, 1.807) is 10.8 Å². The van der Waals surface area contributed by atoms with Gasteiger partial charge in [-0.05, 0) is 121 Å². The van der Waals surface area contributed by atoms with Crippen molar-refractivity contribution in [3.8, 4) is 22.4 Å². The molecule has 3 atom stereocenters. The molecule has 4 aromatic carbocycles. The zero-order valence-corrected chi connectivity index (χ0v) is 43.2. The molecular weight excluding hydrogens is 823 g/mol.